The Labute approximate surface area is 128 Å². The number of amides is 1. The van der Waals surface area contributed by atoms with Crippen LogP contribution in [-0.2, 0) is 14.9 Å². The molecule has 124 valence electrons. The van der Waals surface area contributed by atoms with Gasteiger partial charge in [-0.25, -0.2) is 0 Å². The lowest BCUT2D eigenvalue weighted by Crippen LogP contribution is -2.31. The van der Waals surface area contributed by atoms with Gasteiger partial charge in [-0.15, -0.1) is 0 Å². The van der Waals surface area contributed by atoms with Crippen LogP contribution in [0.2, 0.25) is 0 Å². The molecule has 1 amide bonds. The van der Waals surface area contributed by atoms with Crippen molar-refractivity contribution < 1.29 is 17.8 Å². The van der Waals surface area contributed by atoms with Crippen molar-refractivity contribution in [3.05, 3.63) is 12.7 Å². The summed E-state index contributed by atoms with van der Waals surface area (Å²) in [6.07, 6.45) is 9.90. The zero-order chi connectivity index (χ0) is 16.1. The lowest BCUT2D eigenvalue weighted by molar-refractivity contribution is -0.116. The molecule has 1 unspecified atom stereocenters. The van der Waals surface area contributed by atoms with Crippen molar-refractivity contribution in [1.29, 1.82) is 0 Å². The molecule has 0 aromatic rings. The van der Waals surface area contributed by atoms with Crippen LogP contribution in [0.1, 0.15) is 58.3 Å². The molecule has 0 saturated carbocycles. The molecule has 0 aliphatic heterocycles. The van der Waals surface area contributed by atoms with E-state index in [0.717, 1.165) is 25.3 Å². The van der Waals surface area contributed by atoms with Crippen molar-refractivity contribution in [3.63, 3.8) is 0 Å². The van der Waals surface area contributed by atoms with Crippen LogP contribution in [0.5, 0.6) is 0 Å². The van der Waals surface area contributed by atoms with Gasteiger partial charge in [0.2, 0.25) is 5.91 Å². The maximum Gasteiger partial charge on any atom is 0.265 e. The van der Waals surface area contributed by atoms with E-state index in [1.54, 1.807) is 0 Å². The summed E-state index contributed by atoms with van der Waals surface area (Å²) in [6, 6.07) is 0. The monoisotopic (exact) mass is 319 g/mol. The molecule has 1 atom stereocenters. The Morgan fingerprint density at radius 1 is 1.19 bits per heavy atom. The fourth-order valence-electron chi connectivity index (χ4n) is 2.25. The largest absolute Gasteiger partial charge is 0.352 e. The molecule has 5 nitrogen and oxygen atoms in total. The van der Waals surface area contributed by atoms with Crippen LogP contribution >= 0.6 is 0 Å². The molecule has 0 aromatic carbocycles. The van der Waals surface area contributed by atoms with E-state index < -0.39 is 10.1 Å². The van der Waals surface area contributed by atoms with Crippen LogP contribution in [0, 0.1) is 5.92 Å². The van der Waals surface area contributed by atoms with Crippen molar-refractivity contribution in [1.82, 2.24) is 5.32 Å². The lowest BCUT2D eigenvalue weighted by Gasteiger charge is -2.15. The Bertz CT molecular complexity index is 392. The van der Waals surface area contributed by atoms with Gasteiger partial charge in [0.25, 0.3) is 10.1 Å². The van der Waals surface area contributed by atoms with Crippen LogP contribution < -0.4 is 5.32 Å². The average molecular weight is 319 g/mol. The first-order valence-corrected chi connectivity index (χ1v) is 9.35. The Hall–Kier alpha value is -0.880. The van der Waals surface area contributed by atoms with E-state index in [1.807, 2.05) is 0 Å². The highest BCUT2D eigenvalue weighted by atomic mass is 32.2. The number of hydrogen-bond acceptors (Lipinski definition) is 3. The lowest BCUT2D eigenvalue weighted by atomic mass is 10.0. The molecule has 0 spiro atoms. The van der Waals surface area contributed by atoms with Gasteiger partial charge in [-0.05, 0) is 18.4 Å². The Balaban J connectivity index is 3.98. The second-order valence-electron chi connectivity index (χ2n) is 5.47. The van der Waals surface area contributed by atoms with Gasteiger partial charge in [-0.1, -0.05) is 58.4 Å². The minimum absolute atomic E-state index is 0.250. The van der Waals surface area contributed by atoms with Gasteiger partial charge >= 0.3 is 0 Å². The van der Waals surface area contributed by atoms with E-state index >= 15 is 0 Å². The number of hydrogen-bond donors (Lipinski definition) is 2. The molecular weight excluding hydrogens is 290 g/mol. The molecule has 21 heavy (non-hydrogen) atoms. The van der Waals surface area contributed by atoms with Crippen molar-refractivity contribution in [2.75, 3.05) is 12.3 Å². The van der Waals surface area contributed by atoms with Crippen molar-refractivity contribution in [2.24, 2.45) is 5.92 Å². The van der Waals surface area contributed by atoms with Gasteiger partial charge in [-0.2, -0.15) is 8.42 Å². The molecule has 6 heteroatoms. The van der Waals surface area contributed by atoms with E-state index in [2.05, 4.69) is 18.8 Å². The van der Waals surface area contributed by atoms with E-state index in [0.29, 0.717) is 6.42 Å². The first-order chi connectivity index (χ1) is 9.89. The minimum atomic E-state index is -4.01. The van der Waals surface area contributed by atoms with E-state index in [-0.39, 0.29) is 24.1 Å². The number of unbranched alkanes of at least 4 members (excludes halogenated alkanes) is 6. The first-order valence-electron chi connectivity index (χ1n) is 7.74. The minimum Gasteiger partial charge on any atom is -0.352 e. The Morgan fingerprint density at radius 2 is 1.76 bits per heavy atom. The highest BCUT2D eigenvalue weighted by Gasteiger charge is 2.17. The smallest absolute Gasteiger partial charge is 0.265 e. The highest BCUT2D eigenvalue weighted by molar-refractivity contribution is 7.85. The second kappa shape index (κ2) is 11.7. The van der Waals surface area contributed by atoms with Gasteiger partial charge < -0.3 is 5.32 Å². The topological polar surface area (TPSA) is 83.5 Å². The first kappa shape index (κ1) is 20.1. The molecule has 0 heterocycles. The third-order valence-electron chi connectivity index (χ3n) is 3.41. The summed E-state index contributed by atoms with van der Waals surface area (Å²) in [6.45, 7) is 5.77. The highest BCUT2D eigenvalue weighted by Crippen LogP contribution is 2.14. The average Bonchev–Trinajstić information content (AvgIpc) is 2.41. The summed E-state index contributed by atoms with van der Waals surface area (Å²) >= 11 is 0. The van der Waals surface area contributed by atoms with Crippen molar-refractivity contribution in [2.45, 2.75) is 58.3 Å². The van der Waals surface area contributed by atoms with Gasteiger partial charge in [0, 0.05) is 6.54 Å². The molecule has 0 aromatic heterocycles. The number of carbonyl (C=O) groups excluding carboxylic acids is 1. The standard InChI is InChI=1S/C15H29NO4S/c1-3-5-6-7-8-9-10-11-14(13-21(18,19)20)12-16-15(17)4-2/h4,14H,2-3,5-13H2,1H3,(H,16,17)(H,18,19,20). The molecule has 0 fully saturated rings. The zero-order valence-electron chi connectivity index (χ0n) is 13.0. The molecule has 2 N–H and O–H groups in total. The molecule has 0 aliphatic rings. The van der Waals surface area contributed by atoms with Crippen LogP contribution in [0.3, 0.4) is 0 Å². The Morgan fingerprint density at radius 3 is 2.29 bits per heavy atom. The Kier molecular flexibility index (Phi) is 11.3. The maximum absolute atomic E-state index is 11.1. The molecule has 0 radical (unpaired) electrons. The zero-order valence-corrected chi connectivity index (χ0v) is 13.8. The number of rotatable bonds is 13. The number of carbonyl (C=O) groups is 1. The summed E-state index contributed by atoms with van der Waals surface area (Å²) in [4.78, 5) is 11.1. The summed E-state index contributed by atoms with van der Waals surface area (Å²) < 4.78 is 30.9. The summed E-state index contributed by atoms with van der Waals surface area (Å²) in [5.41, 5.74) is 0. The third-order valence-corrected chi connectivity index (χ3v) is 4.31. The normalized spacial score (nSPS) is 12.9. The van der Waals surface area contributed by atoms with Crippen LogP contribution in [0.15, 0.2) is 12.7 Å². The predicted molar refractivity (Wildman–Crippen MR) is 85.7 cm³/mol. The SMILES string of the molecule is C=CC(=O)NCC(CCCCCCCCC)CS(=O)(=O)O. The van der Waals surface area contributed by atoms with E-state index in [1.165, 1.54) is 25.7 Å². The number of nitrogens with one attached hydrogen (secondary N) is 1. The van der Waals surface area contributed by atoms with Crippen LogP contribution in [-0.4, -0.2) is 31.2 Å². The molecule has 0 bridgehead atoms. The molecule has 0 aliphatic carbocycles. The van der Waals surface area contributed by atoms with Gasteiger partial charge in [0.05, 0.1) is 5.75 Å². The van der Waals surface area contributed by atoms with Gasteiger partial charge in [-0.3, -0.25) is 9.35 Å². The van der Waals surface area contributed by atoms with Crippen molar-refractivity contribution >= 4 is 16.0 Å². The summed E-state index contributed by atoms with van der Waals surface area (Å²) in [5.74, 6) is -0.880. The van der Waals surface area contributed by atoms with Crippen LogP contribution in [0.25, 0.3) is 0 Å². The second-order valence-corrected chi connectivity index (χ2v) is 6.97. The van der Waals surface area contributed by atoms with Crippen molar-refractivity contribution in [3.8, 4) is 0 Å². The molecular formula is C15H29NO4S. The molecule has 0 saturated heterocycles. The fraction of sp³-hybridized carbons (Fsp3) is 0.800. The summed E-state index contributed by atoms with van der Waals surface area (Å²) in [7, 11) is -4.01. The van der Waals surface area contributed by atoms with Crippen LogP contribution in [0.4, 0.5) is 0 Å². The third kappa shape index (κ3) is 13.8. The van der Waals surface area contributed by atoms with Gasteiger partial charge in [0.1, 0.15) is 0 Å². The maximum atomic E-state index is 11.1. The van der Waals surface area contributed by atoms with E-state index in [9.17, 15) is 13.2 Å². The van der Waals surface area contributed by atoms with E-state index in [4.69, 9.17) is 4.55 Å². The summed E-state index contributed by atoms with van der Waals surface area (Å²) in [5, 5.41) is 2.59. The van der Waals surface area contributed by atoms with Gasteiger partial charge in [0.15, 0.2) is 0 Å². The predicted octanol–water partition coefficient (Wildman–Crippen LogP) is 2.93. The quantitative estimate of drug-likeness (QED) is 0.310. The molecule has 0 rings (SSSR count). The fourth-order valence-corrected chi connectivity index (χ4v) is 3.13.